The summed E-state index contributed by atoms with van der Waals surface area (Å²) in [5.41, 5.74) is 0.867. The minimum Gasteiger partial charge on any atom is -0.473 e. The van der Waals surface area contributed by atoms with Crippen molar-refractivity contribution in [1.82, 2.24) is 9.97 Å². The highest BCUT2D eigenvalue weighted by Crippen LogP contribution is 2.39. The zero-order valence-electron chi connectivity index (χ0n) is 9.28. The molecule has 0 aromatic carbocycles. The standard InChI is InChI=1S/C11H14F2N2O/c1-7(2)9-5-15-10(6-14-9)16-8-3-11(12,13)4-8/h5-8H,3-4H2,1-2H3. The van der Waals surface area contributed by atoms with E-state index < -0.39 is 12.0 Å². The normalized spacial score (nSPS) is 19.6. The SMILES string of the molecule is CC(C)c1cnc(OC2CC(F)(F)C2)cn1. The van der Waals surface area contributed by atoms with E-state index >= 15 is 0 Å². The Morgan fingerprint density at radius 3 is 2.44 bits per heavy atom. The minimum atomic E-state index is -2.56. The molecule has 1 fully saturated rings. The van der Waals surface area contributed by atoms with Crippen molar-refractivity contribution in [3.8, 4) is 5.88 Å². The van der Waals surface area contributed by atoms with Gasteiger partial charge in [-0.1, -0.05) is 13.8 Å². The highest BCUT2D eigenvalue weighted by Gasteiger charge is 2.47. The number of rotatable bonds is 3. The molecule has 1 aromatic heterocycles. The van der Waals surface area contributed by atoms with E-state index in [1.807, 2.05) is 13.8 Å². The number of halogens is 2. The maximum atomic E-state index is 12.5. The van der Waals surface area contributed by atoms with E-state index in [9.17, 15) is 8.78 Å². The van der Waals surface area contributed by atoms with E-state index in [2.05, 4.69) is 9.97 Å². The number of aromatic nitrogens is 2. The first-order valence-electron chi connectivity index (χ1n) is 5.33. The molecule has 1 saturated carbocycles. The Labute approximate surface area is 92.9 Å². The van der Waals surface area contributed by atoms with E-state index in [0.29, 0.717) is 11.8 Å². The van der Waals surface area contributed by atoms with Crippen LogP contribution in [0.3, 0.4) is 0 Å². The molecule has 0 amide bonds. The smallest absolute Gasteiger partial charge is 0.255 e. The van der Waals surface area contributed by atoms with Crippen LogP contribution in [0.15, 0.2) is 12.4 Å². The molecule has 0 spiro atoms. The van der Waals surface area contributed by atoms with Crippen LogP contribution >= 0.6 is 0 Å². The predicted molar refractivity (Wildman–Crippen MR) is 54.7 cm³/mol. The lowest BCUT2D eigenvalue weighted by Gasteiger charge is -2.34. The van der Waals surface area contributed by atoms with Crippen LogP contribution < -0.4 is 4.74 Å². The van der Waals surface area contributed by atoms with Crippen molar-refractivity contribution < 1.29 is 13.5 Å². The maximum Gasteiger partial charge on any atom is 0.255 e. The molecule has 5 heteroatoms. The van der Waals surface area contributed by atoms with Gasteiger partial charge in [-0.15, -0.1) is 0 Å². The molecule has 0 unspecified atom stereocenters. The summed E-state index contributed by atoms with van der Waals surface area (Å²) in [4.78, 5) is 8.19. The molecule has 2 rings (SSSR count). The fraction of sp³-hybridized carbons (Fsp3) is 0.636. The van der Waals surface area contributed by atoms with E-state index in [0.717, 1.165) is 5.69 Å². The first kappa shape index (κ1) is 11.2. The summed E-state index contributed by atoms with van der Waals surface area (Å²) in [6.45, 7) is 4.02. The monoisotopic (exact) mass is 228 g/mol. The van der Waals surface area contributed by atoms with Crippen LogP contribution in [0.25, 0.3) is 0 Å². The molecular weight excluding hydrogens is 214 g/mol. The Bertz CT molecular complexity index is 357. The summed E-state index contributed by atoms with van der Waals surface area (Å²) >= 11 is 0. The summed E-state index contributed by atoms with van der Waals surface area (Å²) in [5, 5.41) is 0. The minimum absolute atomic E-state index is 0.222. The topological polar surface area (TPSA) is 35.0 Å². The van der Waals surface area contributed by atoms with Gasteiger partial charge in [0.25, 0.3) is 5.92 Å². The van der Waals surface area contributed by atoms with E-state index in [1.54, 1.807) is 6.20 Å². The number of hydrogen-bond donors (Lipinski definition) is 0. The van der Waals surface area contributed by atoms with Gasteiger partial charge < -0.3 is 4.74 Å². The summed E-state index contributed by atoms with van der Waals surface area (Å²) in [6.07, 6.45) is 2.25. The molecule has 88 valence electrons. The zero-order valence-corrected chi connectivity index (χ0v) is 9.28. The van der Waals surface area contributed by atoms with Crippen molar-refractivity contribution in [1.29, 1.82) is 0 Å². The fourth-order valence-corrected chi connectivity index (χ4v) is 1.55. The summed E-state index contributed by atoms with van der Waals surface area (Å²) in [7, 11) is 0. The van der Waals surface area contributed by atoms with Crippen LogP contribution in [-0.4, -0.2) is 22.0 Å². The quantitative estimate of drug-likeness (QED) is 0.797. The van der Waals surface area contributed by atoms with Crippen molar-refractivity contribution in [2.45, 2.75) is 44.6 Å². The highest BCUT2D eigenvalue weighted by atomic mass is 19.3. The molecule has 1 aliphatic carbocycles. The van der Waals surface area contributed by atoms with E-state index in [-0.39, 0.29) is 12.8 Å². The number of hydrogen-bond acceptors (Lipinski definition) is 3. The molecule has 0 radical (unpaired) electrons. The van der Waals surface area contributed by atoms with E-state index in [1.165, 1.54) is 6.20 Å². The van der Waals surface area contributed by atoms with E-state index in [4.69, 9.17) is 4.74 Å². The highest BCUT2D eigenvalue weighted by molar-refractivity contribution is 5.10. The van der Waals surface area contributed by atoms with Gasteiger partial charge in [0.2, 0.25) is 5.88 Å². The third kappa shape index (κ3) is 2.46. The van der Waals surface area contributed by atoms with Gasteiger partial charge in [-0.05, 0) is 5.92 Å². The number of alkyl halides is 2. The molecule has 0 saturated heterocycles. The summed E-state index contributed by atoms with van der Waals surface area (Å²) < 4.78 is 30.4. The Morgan fingerprint density at radius 1 is 1.31 bits per heavy atom. The van der Waals surface area contributed by atoms with Gasteiger partial charge >= 0.3 is 0 Å². The van der Waals surface area contributed by atoms with Crippen LogP contribution in [0.1, 0.15) is 38.3 Å². The Kier molecular flexibility index (Phi) is 2.78. The Balaban J connectivity index is 1.91. The molecule has 1 aromatic rings. The van der Waals surface area contributed by atoms with Crippen molar-refractivity contribution in [2.24, 2.45) is 0 Å². The van der Waals surface area contributed by atoms with Crippen LogP contribution in [-0.2, 0) is 0 Å². The molecule has 0 atom stereocenters. The van der Waals surface area contributed by atoms with Crippen molar-refractivity contribution in [3.05, 3.63) is 18.1 Å². The van der Waals surface area contributed by atoms with Crippen LogP contribution in [0, 0.1) is 0 Å². The average molecular weight is 228 g/mol. The first-order chi connectivity index (χ1) is 7.46. The Morgan fingerprint density at radius 2 is 2.00 bits per heavy atom. The molecule has 0 N–H and O–H groups in total. The van der Waals surface area contributed by atoms with Crippen molar-refractivity contribution in [3.63, 3.8) is 0 Å². The fourth-order valence-electron chi connectivity index (χ4n) is 1.55. The lowest BCUT2D eigenvalue weighted by molar-refractivity contribution is -0.135. The maximum absolute atomic E-state index is 12.5. The second-order valence-corrected chi connectivity index (χ2v) is 4.44. The van der Waals surface area contributed by atoms with Gasteiger partial charge in [0.15, 0.2) is 0 Å². The lowest BCUT2D eigenvalue weighted by atomic mass is 9.91. The van der Waals surface area contributed by atoms with Crippen LogP contribution in [0.2, 0.25) is 0 Å². The average Bonchev–Trinajstić information content (AvgIpc) is 2.15. The van der Waals surface area contributed by atoms with Gasteiger partial charge in [0.05, 0.1) is 18.1 Å². The van der Waals surface area contributed by atoms with Crippen LogP contribution in [0.5, 0.6) is 5.88 Å². The van der Waals surface area contributed by atoms with Gasteiger partial charge in [-0.2, -0.15) is 0 Å². The Hall–Kier alpha value is -1.26. The number of ether oxygens (including phenoxy) is 1. The zero-order chi connectivity index (χ0) is 11.8. The molecule has 16 heavy (non-hydrogen) atoms. The van der Waals surface area contributed by atoms with Gasteiger partial charge in [0, 0.05) is 12.8 Å². The second kappa shape index (κ2) is 3.96. The molecule has 0 aliphatic heterocycles. The summed E-state index contributed by atoms with van der Waals surface area (Å²) in [5.74, 6) is -1.94. The van der Waals surface area contributed by atoms with Crippen molar-refractivity contribution >= 4 is 0 Å². The molecular formula is C11H14F2N2O. The van der Waals surface area contributed by atoms with Gasteiger partial charge in [-0.3, -0.25) is 4.98 Å². The third-order valence-corrected chi connectivity index (χ3v) is 2.58. The second-order valence-electron chi connectivity index (χ2n) is 4.44. The number of nitrogens with zero attached hydrogens (tertiary/aromatic N) is 2. The van der Waals surface area contributed by atoms with Crippen LogP contribution in [0.4, 0.5) is 8.78 Å². The first-order valence-corrected chi connectivity index (χ1v) is 5.33. The molecule has 0 bridgehead atoms. The largest absolute Gasteiger partial charge is 0.473 e. The predicted octanol–water partition coefficient (Wildman–Crippen LogP) is 2.78. The van der Waals surface area contributed by atoms with Gasteiger partial charge in [-0.25, -0.2) is 13.8 Å². The van der Waals surface area contributed by atoms with Crippen molar-refractivity contribution in [2.75, 3.05) is 0 Å². The summed E-state index contributed by atoms with van der Waals surface area (Å²) in [6, 6.07) is 0. The third-order valence-electron chi connectivity index (χ3n) is 2.58. The lowest BCUT2D eigenvalue weighted by Crippen LogP contribution is -2.43. The molecule has 1 aliphatic rings. The molecule has 1 heterocycles. The molecule has 3 nitrogen and oxygen atoms in total. The van der Waals surface area contributed by atoms with Gasteiger partial charge in [0.1, 0.15) is 6.10 Å².